The maximum atomic E-state index is 9.30. The van der Waals surface area contributed by atoms with Crippen LogP contribution in [-0.2, 0) is 5.41 Å². The first-order chi connectivity index (χ1) is 5.95. The molecule has 0 aliphatic rings. The standard InChI is InChI=1S/C9H15NO2S/c1-9(2,3)8-10-6(5-13-8)7(12)4-11/h5,7,11-12H,4H2,1-3H3. The number of nitrogens with zero attached hydrogens (tertiary/aromatic N) is 1. The smallest absolute Gasteiger partial charge is 0.120 e. The summed E-state index contributed by atoms with van der Waals surface area (Å²) in [5, 5.41) is 20.8. The van der Waals surface area contributed by atoms with Crippen LogP contribution in [0.4, 0.5) is 0 Å². The molecule has 1 aromatic rings. The minimum absolute atomic E-state index is 0.0120. The van der Waals surface area contributed by atoms with Crippen molar-refractivity contribution in [1.82, 2.24) is 4.98 Å². The third kappa shape index (κ3) is 2.49. The van der Waals surface area contributed by atoms with Gasteiger partial charge in [0.15, 0.2) is 0 Å². The molecule has 0 aliphatic carbocycles. The van der Waals surface area contributed by atoms with Gasteiger partial charge >= 0.3 is 0 Å². The molecule has 0 aliphatic heterocycles. The van der Waals surface area contributed by atoms with Crippen molar-refractivity contribution >= 4 is 11.3 Å². The molecule has 1 aromatic heterocycles. The van der Waals surface area contributed by atoms with Crippen molar-refractivity contribution in [3.05, 3.63) is 16.1 Å². The van der Waals surface area contributed by atoms with Crippen LogP contribution >= 0.6 is 11.3 Å². The number of thiazole rings is 1. The molecule has 0 saturated carbocycles. The van der Waals surface area contributed by atoms with Gasteiger partial charge in [-0.25, -0.2) is 4.98 Å². The van der Waals surface area contributed by atoms with Gasteiger partial charge in [-0.05, 0) is 0 Å². The Labute approximate surface area is 82.1 Å². The molecular formula is C9H15NO2S. The third-order valence-electron chi connectivity index (χ3n) is 1.68. The molecule has 3 nitrogen and oxygen atoms in total. The summed E-state index contributed by atoms with van der Waals surface area (Å²) < 4.78 is 0. The van der Waals surface area contributed by atoms with E-state index in [0.717, 1.165) is 5.01 Å². The van der Waals surface area contributed by atoms with Gasteiger partial charge in [-0.15, -0.1) is 11.3 Å². The average molecular weight is 201 g/mol. The van der Waals surface area contributed by atoms with E-state index in [4.69, 9.17) is 5.11 Å². The lowest BCUT2D eigenvalue weighted by atomic mass is 9.98. The second-order valence-electron chi connectivity index (χ2n) is 4.03. The lowest BCUT2D eigenvalue weighted by molar-refractivity contribution is 0.0925. The highest BCUT2D eigenvalue weighted by Gasteiger charge is 2.19. The largest absolute Gasteiger partial charge is 0.393 e. The second kappa shape index (κ2) is 3.74. The molecule has 1 unspecified atom stereocenters. The number of hydrogen-bond acceptors (Lipinski definition) is 4. The van der Waals surface area contributed by atoms with E-state index in [9.17, 15) is 5.11 Å². The van der Waals surface area contributed by atoms with Crippen molar-refractivity contribution in [2.75, 3.05) is 6.61 Å². The SMILES string of the molecule is CC(C)(C)c1nc(C(O)CO)cs1. The fourth-order valence-corrected chi connectivity index (χ4v) is 1.83. The zero-order valence-electron chi connectivity index (χ0n) is 8.11. The summed E-state index contributed by atoms with van der Waals surface area (Å²) >= 11 is 1.52. The van der Waals surface area contributed by atoms with Gasteiger partial charge in [-0.1, -0.05) is 20.8 Å². The summed E-state index contributed by atoms with van der Waals surface area (Å²) in [6.07, 6.45) is -0.840. The van der Waals surface area contributed by atoms with Crippen LogP contribution in [0, 0.1) is 0 Å². The Hall–Kier alpha value is -0.450. The van der Waals surface area contributed by atoms with Crippen LogP contribution < -0.4 is 0 Å². The van der Waals surface area contributed by atoms with E-state index in [2.05, 4.69) is 25.8 Å². The highest BCUT2D eigenvalue weighted by Crippen LogP contribution is 2.27. The summed E-state index contributed by atoms with van der Waals surface area (Å²) in [6, 6.07) is 0. The lowest BCUT2D eigenvalue weighted by Crippen LogP contribution is -2.11. The Morgan fingerprint density at radius 1 is 1.54 bits per heavy atom. The van der Waals surface area contributed by atoms with Crippen LogP contribution in [0.25, 0.3) is 0 Å². The van der Waals surface area contributed by atoms with E-state index >= 15 is 0 Å². The van der Waals surface area contributed by atoms with Crippen molar-refractivity contribution in [3.63, 3.8) is 0 Å². The zero-order chi connectivity index (χ0) is 10.1. The summed E-state index contributed by atoms with van der Waals surface area (Å²) in [7, 11) is 0. The number of hydrogen-bond donors (Lipinski definition) is 2. The van der Waals surface area contributed by atoms with Crippen molar-refractivity contribution in [3.8, 4) is 0 Å². The average Bonchev–Trinajstić information content (AvgIpc) is 2.50. The van der Waals surface area contributed by atoms with Crippen LogP contribution in [0.1, 0.15) is 37.6 Å². The number of aromatic nitrogens is 1. The fraction of sp³-hybridized carbons (Fsp3) is 0.667. The first-order valence-electron chi connectivity index (χ1n) is 4.20. The van der Waals surface area contributed by atoms with Crippen molar-refractivity contribution < 1.29 is 10.2 Å². The van der Waals surface area contributed by atoms with Gasteiger partial charge in [0.25, 0.3) is 0 Å². The predicted octanol–water partition coefficient (Wildman–Crippen LogP) is 1.47. The van der Waals surface area contributed by atoms with Crippen LogP contribution in [0.3, 0.4) is 0 Å². The lowest BCUT2D eigenvalue weighted by Gasteiger charge is -2.13. The van der Waals surface area contributed by atoms with Gasteiger partial charge in [-0.2, -0.15) is 0 Å². The maximum Gasteiger partial charge on any atom is 0.120 e. The molecule has 0 aromatic carbocycles. The minimum atomic E-state index is -0.840. The topological polar surface area (TPSA) is 53.4 Å². The molecule has 1 heterocycles. The molecule has 0 spiro atoms. The van der Waals surface area contributed by atoms with Crippen LogP contribution in [0.5, 0.6) is 0 Å². The summed E-state index contributed by atoms with van der Waals surface area (Å²) in [5.74, 6) is 0. The van der Waals surface area contributed by atoms with E-state index in [1.807, 2.05) is 0 Å². The monoisotopic (exact) mass is 201 g/mol. The van der Waals surface area contributed by atoms with Gasteiger partial charge in [0.1, 0.15) is 6.10 Å². The van der Waals surface area contributed by atoms with Crippen LogP contribution in [0.2, 0.25) is 0 Å². The van der Waals surface area contributed by atoms with Gasteiger partial charge < -0.3 is 10.2 Å². The summed E-state index contributed by atoms with van der Waals surface area (Å²) in [6.45, 7) is 5.94. The highest BCUT2D eigenvalue weighted by atomic mass is 32.1. The van der Waals surface area contributed by atoms with E-state index in [1.54, 1.807) is 5.38 Å². The predicted molar refractivity (Wildman–Crippen MR) is 52.9 cm³/mol. The summed E-state index contributed by atoms with van der Waals surface area (Å²) in [4.78, 5) is 4.26. The first-order valence-corrected chi connectivity index (χ1v) is 5.08. The molecule has 0 fully saturated rings. The normalized spacial score (nSPS) is 14.5. The molecule has 0 radical (unpaired) electrons. The highest BCUT2D eigenvalue weighted by molar-refractivity contribution is 7.09. The van der Waals surface area contributed by atoms with Crippen molar-refractivity contribution in [1.29, 1.82) is 0 Å². The Balaban J connectivity index is 2.87. The van der Waals surface area contributed by atoms with Gasteiger partial charge in [0, 0.05) is 10.8 Å². The van der Waals surface area contributed by atoms with Gasteiger partial charge in [0.2, 0.25) is 0 Å². The molecule has 0 saturated heterocycles. The molecule has 0 amide bonds. The van der Waals surface area contributed by atoms with Crippen molar-refractivity contribution in [2.24, 2.45) is 0 Å². The number of aliphatic hydroxyl groups excluding tert-OH is 2. The molecule has 1 atom stereocenters. The Bertz CT molecular complexity index is 277. The van der Waals surface area contributed by atoms with E-state index in [1.165, 1.54) is 11.3 Å². The molecule has 13 heavy (non-hydrogen) atoms. The van der Waals surface area contributed by atoms with Gasteiger partial charge in [0.05, 0.1) is 17.3 Å². The Morgan fingerprint density at radius 3 is 2.54 bits per heavy atom. The molecule has 0 bridgehead atoms. The molecule has 2 N–H and O–H groups in total. The molecule has 74 valence electrons. The Kier molecular flexibility index (Phi) is 3.05. The molecule has 4 heteroatoms. The van der Waals surface area contributed by atoms with E-state index in [0.29, 0.717) is 5.69 Å². The fourth-order valence-electron chi connectivity index (χ4n) is 0.877. The Morgan fingerprint density at radius 2 is 2.15 bits per heavy atom. The molecule has 1 rings (SSSR count). The zero-order valence-corrected chi connectivity index (χ0v) is 8.93. The van der Waals surface area contributed by atoms with E-state index in [-0.39, 0.29) is 12.0 Å². The van der Waals surface area contributed by atoms with Crippen LogP contribution in [-0.4, -0.2) is 21.8 Å². The summed E-state index contributed by atoms with van der Waals surface area (Å²) in [5.41, 5.74) is 0.579. The maximum absolute atomic E-state index is 9.30. The van der Waals surface area contributed by atoms with E-state index < -0.39 is 6.10 Å². The van der Waals surface area contributed by atoms with Gasteiger partial charge in [-0.3, -0.25) is 0 Å². The first kappa shape index (κ1) is 10.6. The second-order valence-corrected chi connectivity index (χ2v) is 4.88. The van der Waals surface area contributed by atoms with Crippen LogP contribution in [0.15, 0.2) is 5.38 Å². The van der Waals surface area contributed by atoms with Crippen molar-refractivity contribution in [2.45, 2.75) is 32.3 Å². The molecular weight excluding hydrogens is 186 g/mol. The quantitative estimate of drug-likeness (QED) is 0.761. The number of rotatable bonds is 2. The minimum Gasteiger partial charge on any atom is -0.393 e. The third-order valence-corrected chi connectivity index (χ3v) is 2.96. The number of aliphatic hydroxyl groups is 2.